The van der Waals surface area contributed by atoms with Crippen LogP contribution in [0.2, 0.25) is 0 Å². The highest BCUT2D eigenvalue weighted by Crippen LogP contribution is 2.24. The molecule has 1 N–H and O–H groups in total. The van der Waals surface area contributed by atoms with Crippen molar-refractivity contribution < 1.29 is 13.2 Å². The average molecular weight is 306 g/mol. The van der Waals surface area contributed by atoms with Gasteiger partial charge in [-0.3, -0.25) is 0 Å². The average Bonchev–Trinajstić information content (AvgIpc) is 2.85. The summed E-state index contributed by atoms with van der Waals surface area (Å²) in [4.78, 5) is 1.08. The molecule has 0 bridgehead atoms. The SMILES string of the molecule is CNCCc1ccc(S(=O)(=O)N(C)CCCOC)s1. The number of methoxy groups -OCH3 is 1. The molecule has 0 aliphatic carbocycles. The van der Waals surface area contributed by atoms with E-state index in [1.165, 1.54) is 15.6 Å². The first kappa shape index (κ1) is 16.6. The predicted molar refractivity (Wildman–Crippen MR) is 78.3 cm³/mol. The molecule has 0 amide bonds. The third kappa shape index (κ3) is 4.85. The van der Waals surface area contributed by atoms with Gasteiger partial charge in [0.1, 0.15) is 4.21 Å². The minimum Gasteiger partial charge on any atom is -0.385 e. The Balaban J connectivity index is 2.68. The quantitative estimate of drug-likeness (QED) is 0.696. The standard InChI is InChI=1S/C12H22N2O3S2/c1-13-8-7-11-5-6-12(18-11)19(15,16)14(2)9-4-10-17-3/h5-6,13H,4,7-10H2,1-3H3. The Morgan fingerprint density at radius 1 is 1.42 bits per heavy atom. The van der Waals surface area contributed by atoms with Crippen molar-refractivity contribution in [2.75, 3.05) is 40.9 Å². The van der Waals surface area contributed by atoms with E-state index in [-0.39, 0.29) is 0 Å². The summed E-state index contributed by atoms with van der Waals surface area (Å²) in [5.74, 6) is 0. The highest BCUT2D eigenvalue weighted by molar-refractivity contribution is 7.91. The second-order valence-electron chi connectivity index (χ2n) is 4.25. The van der Waals surface area contributed by atoms with Crippen molar-refractivity contribution in [2.45, 2.75) is 17.1 Å². The largest absolute Gasteiger partial charge is 0.385 e. The Hall–Kier alpha value is -0.470. The molecule has 0 atom stereocenters. The number of ether oxygens (including phenoxy) is 1. The number of hydrogen-bond donors (Lipinski definition) is 1. The predicted octanol–water partition coefficient (Wildman–Crippen LogP) is 1.17. The van der Waals surface area contributed by atoms with Gasteiger partial charge >= 0.3 is 0 Å². The minimum absolute atomic E-state index is 0.415. The second-order valence-corrected chi connectivity index (χ2v) is 7.69. The van der Waals surface area contributed by atoms with Crippen LogP contribution in [-0.2, 0) is 21.2 Å². The van der Waals surface area contributed by atoms with Crippen molar-refractivity contribution in [2.24, 2.45) is 0 Å². The van der Waals surface area contributed by atoms with E-state index in [4.69, 9.17) is 4.74 Å². The van der Waals surface area contributed by atoms with E-state index in [1.54, 1.807) is 20.2 Å². The van der Waals surface area contributed by atoms with E-state index < -0.39 is 10.0 Å². The summed E-state index contributed by atoms with van der Waals surface area (Å²) >= 11 is 1.35. The van der Waals surface area contributed by atoms with Gasteiger partial charge in [-0.05, 0) is 38.6 Å². The van der Waals surface area contributed by atoms with Crippen LogP contribution in [0.15, 0.2) is 16.3 Å². The van der Waals surface area contributed by atoms with Crippen LogP contribution in [0, 0.1) is 0 Å². The normalized spacial score (nSPS) is 12.2. The first-order valence-corrected chi connectivity index (χ1v) is 8.46. The van der Waals surface area contributed by atoms with Gasteiger partial charge in [-0.25, -0.2) is 12.7 Å². The summed E-state index contributed by atoms with van der Waals surface area (Å²) in [7, 11) is 1.76. The lowest BCUT2D eigenvalue weighted by Gasteiger charge is -2.15. The summed E-state index contributed by atoms with van der Waals surface area (Å²) in [5.41, 5.74) is 0. The fourth-order valence-electron chi connectivity index (χ4n) is 1.58. The molecule has 0 saturated heterocycles. The molecule has 5 nitrogen and oxygen atoms in total. The van der Waals surface area contributed by atoms with Crippen molar-refractivity contribution in [1.29, 1.82) is 0 Å². The Kier molecular flexibility index (Phi) is 6.95. The molecular weight excluding hydrogens is 284 g/mol. The lowest BCUT2D eigenvalue weighted by Crippen LogP contribution is -2.27. The second kappa shape index (κ2) is 7.96. The van der Waals surface area contributed by atoms with Crippen molar-refractivity contribution in [3.05, 3.63) is 17.0 Å². The maximum atomic E-state index is 12.3. The highest BCUT2D eigenvalue weighted by atomic mass is 32.2. The fourth-order valence-corrected chi connectivity index (χ4v) is 4.36. The maximum absolute atomic E-state index is 12.3. The Morgan fingerprint density at radius 2 is 2.16 bits per heavy atom. The summed E-state index contributed by atoms with van der Waals surface area (Å²) < 4.78 is 31.3. The molecule has 0 aliphatic heterocycles. The Bertz CT molecular complexity index is 471. The van der Waals surface area contributed by atoms with E-state index >= 15 is 0 Å². The van der Waals surface area contributed by atoms with Crippen LogP contribution in [0.25, 0.3) is 0 Å². The Labute approximate surface area is 119 Å². The van der Waals surface area contributed by atoms with Crippen LogP contribution in [0.1, 0.15) is 11.3 Å². The first-order valence-electron chi connectivity index (χ1n) is 6.21. The van der Waals surface area contributed by atoms with Gasteiger partial charge < -0.3 is 10.1 Å². The van der Waals surface area contributed by atoms with Gasteiger partial charge in [0.05, 0.1) is 0 Å². The molecule has 110 valence electrons. The van der Waals surface area contributed by atoms with Gasteiger partial charge in [0, 0.05) is 32.2 Å². The van der Waals surface area contributed by atoms with E-state index in [0.717, 1.165) is 17.8 Å². The molecule has 19 heavy (non-hydrogen) atoms. The zero-order chi connectivity index (χ0) is 14.3. The van der Waals surface area contributed by atoms with E-state index in [0.29, 0.717) is 23.8 Å². The number of rotatable bonds is 9. The molecule has 0 fully saturated rings. The molecule has 0 saturated carbocycles. The smallest absolute Gasteiger partial charge is 0.252 e. The lowest BCUT2D eigenvalue weighted by molar-refractivity contribution is 0.189. The molecule has 0 aliphatic rings. The summed E-state index contributed by atoms with van der Waals surface area (Å²) in [6.45, 7) is 1.89. The molecule has 0 spiro atoms. The third-order valence-corrected chi connectivity index (χ3v) is 6.21. The van der Waals surface area contributed by atoms with Crippen LogP contribution in [0.5, 0.6) is 0 Å². The third-order valence-electron chi connectivity index (χ3n) is 2.74. The van der Waals surface area contributed by atoms with Crippen LogP contribution >= 0.6 is 11.3 Å². The van der Waals surface area contributed by atoms with Crippen LogP contribution in [0.4, 0.5) is 0 Å². The van der Waals surface area contributed by atoms with Gasteiger partial charge in [-0.1, -0.05) is 0 Å². The molecule has 1 aromatic heterocycles. The molecule has 0 aromatic carbocycles. The zero-order valence-corrected chi connectivity index (χ0v) is 13.3. The number of thiophene rings is 1. The number of likely N-dealkylation sites (N-methyl/N-ethyl adjacent to an activating group) is 1. The van der Waals surface area contributed by atoms with Crippen molar-refractivity contribution in [3.8, 4) is 0 Å². The molecular formula is C12H22N2O3S2. The van der Waals surface area contributed by atoms with Gasteiger partial charge in [0.2, 0.25) is 0 Å². The van der Waals surface area contributed by atoms with Gasteiger partial charge in [-0.2, -0.15) is 0 Å². The van der Waals surface area contributed by atoms with Gasteiger partial charge in [0.15, 0.2) is 0 Å². The lowest BCUT2D eigenvalue weighted by atomic mass is 10.3. The number of hydrogen-bond acceptors (Lipinski definition) is 5. The van der Waals surface area contributed by atoms with Crippen LogP contribution < -0.4 is 5.32 Å². The maximum Gasteiger partial charge on any atom is 0.252 e. The molecule has 1 rings (SSSR count). The van der Waals surface area contributed by atoms with Crippen LogP contribution in [-0.4, -0.2) is 53.6 Å². The number of sulfonamides is 1. The van der Waals surface area contributed by atoms with Crippen molar-refractivity contribution >= 4 is 21.4 Å². The monoisotopic (exact) mass is 306 g/mol. The van der Waals surface area contributed by atoms with Gasteiger partial charge in [0.25, 0.3) is 10.0 Å². The summed E-state index contributed by atoms with van der Waals surface area (Å²) in [6.07, 6.45) is 1.55. The molecule has 7 heteroatoms. The Morgan fingerprint density at radius 3 is 2.79 bits per heavy atom. The zero-order valence-electron chi connectivity index (χ0n) is 11.7. The van der Waals surface area contributed by atoms with E-state index in [1.807, 2.05) is 13.1 Å². The summed E-state index contributed by atoms with van der Waals surface area (Å²) in [6, 6.07) is 3.58. The number of nitrogens with zero attached hydrogens (tertiary/aromatic N) is 1. The topological polar surface area (TPSA) is 58.6 Å². The minimum atomic E-state index is -3.35. The first-order chi connectivity index (χ1) is 9.02. The van der Waals surface area contributed by atoms with Crippen molar-refractivity contribution in [1.82, 2.24) is 9.62 Å². The molecule has 1 heterocycles. The number of nitrogens with one attached hydrogen (secondary N) is 1. The fraction of sp³-hybridized carbons (Fsp3) is 0.667. The summed E-state index contributed by atoms with van der Waals surface area (Å²) in [5, 5.41) is 3.05. The molecule has 0 radical (unpaired) electrons. The van der Waals surface area contributed by atoms with Crippen LogP contribution in [0.3, 0.4) is 0 Å². The van der Waals surface area contributed by atoms with E-state index in [2.05, 4.69) is 5.32 Å². The van der Waals surface area contributed by atoms with Gasteiger partial charge in [-0.15, -0.1) is 11.3 Å². The van der Waals surface area contributed by atoms with E-state index in [9.17, 15) is 8.42 Å². The molecule has 1 aromatic rings. The highest BCUT2D eigenvalue weighted by Gasteiger charge is 2.22. The molecule has 0 unspecified atom stereocenters. The van der Waals surface area contributed by atoms with Crippen molar-refractivity contribution in [3.63, 3.8) is 0 Å².